The summed E-state index contributed by atoms with van der Waals surface area (Å²) >= 11 is 3.53. The van der Waals surface area contributed by atoms with Crippen LogP contribution in [0, 0.1) is 0 Å². The van der Waals surface area contributed by atoms with E-state index in [4.69, 9.17) is 4.84 Å². The van der Waals surface area contributed by atoms with Gasteiger partial charge < -0.3 is 4.84 Å². The SMILES string of the molecule is BrC1=C(/C=N/OCc2ccccc2)CCC1. The minimum atomic E-state index is 0.530. The molecule has 0 aliphatic heterocycles. The van der Waals surface area contributed by atoms with Gasteiger partial charge in [0.15, 0.2) is 0 Å². The van der Waals surface area contributed by atoms with Crippen molar-refractivity contribution in [1.82, 2.24) is 0 Å². The van der Waals surface area contributed by atoms with Gasteiger partial charge in [-0.2, -0.15) is 0 Å². The summed E-state index contributed by atoms with van der Waals surface area (Å²) < 4.78 is 1.26. The van der Waals surface area contributed by atoms with Gasteiger partial charge in [-0.15, -0.1) is 0 Å². The fourth-order valence-corrected chi connectivity index (χ4v) is 2.23. The van der Waals surface area contributed by atoms with Crippen LogP contribution >= 0.6 is 15.9 Å². The Balaban J connectivity index is 1.80. The standard InChI is InChI=1S/C13H14BrNO/c14-13-8-4-7-12(13)9-15-16-10-11-5-2-1-3-6-11/h1-3,5-6,9H,4,7-8,10H2/b15-9+. The van der Waals surface area contributed by atoms with E-state index in [2.05, 4.69) is 21.1 Å². The average molecular weight is 280 g/mol. The Morgan fingerprint density at radius 2 is 2.06 bits per heavy atom. The van der Waals surface area contributed by atoms with Crippen molar-refractivity contribution in [1.29, 1.82) is 0 Å². The Hall–Kier alpha value is -1.09. The highest BCUT2D eigenvalue weighted by atomic mass is 79.9. The maximum atomic E-state index is 5.24. The first-order chi connectivity index (χ1) is 7.86. The summed E-state index contributed by atoms with van der Waals surface area (Å²) in [4.78, 5) is 5.24. The van der Waals surface area contributed by atoms with Gasteiger partial charge in [0.1, 0.15) is 6.61 Å². The summed E-state index contributed by atoms with van der Waals surface area (Å²) in [6.07, 6.45) is 5.25. The molecule has 16 heavy (non-hydrogen) atoms. The molecule has 0 fully saturated rings. The van der Waals surface area contributed by atoms with E-state index < -0.39 is 0 Å². The highest BCUT2D eigenvalue weighted by Crippen LogP contribution is 2.28. The first-order valence-electron chi connectivity index (χ1n) is 5.43. The Morgan fingerprint density at radius 1 is 1.25 bits per heavy atom. The Morgan fingerprint density at radius 3 is 2.75 bits per heavy atom. The third-order valence-electron chi connectivity index (χ3n) is 2.55. The lowest BCUT2D eigenvalue weighted by molar-refractivity contribution is 0.132. The smallest absolute Gasteiger partial charge is 0.142 e. The molecule has 2 nitrogen and oxygen atoms in total. The zero-order valence-corrected chi connectivity index (χ0v) is 10.6. The van der Waals surface area contributed by atoms with Crippen LogP contribution in [0.2, 0.25) is 0 Å². The molecule has 0 atom stereocenters. The van der Waals surface area contributed by atoms with Crippen molar-refractivity contribution in [3.63, 3.8) is 0 Å². The zero-order chi connectivity index (χ0) is 11.2. The van der Waals surface area contributed by atoms with E-state index in [9.17, 15) is 0 Å². The van der Waals surface area contributed by atoms with E-state index in [0.29, 0.717) is 6.61 Å². The molecule has 0 unspecified atom stereocenters. The summed E-state index contributed by atoms with van der Waals surface area (Å²) in [6, 6.07) is 10.0. The summed E-state index contributed by atoms with van der Waals surface area (Å²) in [6.45, 7) is 0.530. The van der Waals surface area contributed by atoms with Crippen LogP contribution in [0.3, 0.4) is 0 Å². The molecule has 0 radical (unpaired) electrons. The van der Waals surface area contributed by atoms with Crippen molar-refractivity contribution in [3.8, 4) is 0 Å². The van der Waals surface area contributed by atoms with E-state index >= 15 is 0 Å². The predicted octanol–water partition coefficient (Wildman–Crippen LogP) is 4.02. The highest BCUT2D eigenvalue weighted by Gasteiger charge is 2.09. The van der Waals surface area contributed by atoms with Crippen LogP contribution in [-0.2, 0) is 11.4 Å². The third kappa shape index (κ3) is 3.20. The van der Waals surface area contributed by atoms with Gasteiger partial charge in [0.25, 0.3) is 0 Å². The van der Waals surface area contributed by atoms with Crippen molar-refractivity contribution >= 4 is 22.1 Å². The van der Waals surface area contributed by atoms with Crippen LogP contribution in [0.5, 0.6) is 0 Å². The largest absolute Gasteiger partial charge is 0.391 e. The number of nitrogens with zero attached hydrogens (tertiary/aromatic N) is 1. The van der Waals surface area contributed by atoms with E-state index in [1.54, 1.807) is 0 Å². The van der Waals surface area contributed by atoms with Gasteiger partial charge in [-0.05, 0) is 34.9 Å². The lowest BCUT2D eigenvalue weighted by Gasteiger charge is -1.99. The second kappa shape index (κ2) is 5.85. The predicted molar refractivity (Wildman–Crippen MR) is 69.5 cm³/mol. The molecule has 0 saturated heterocycles. The van der Waals surface area contributed by atoms with Gasteiger partial charge in [0.05, 0.1) is 6.21 Å². The minimum Gasteiger partial charge on any atom is -0.391 e. The Bertz CT molecular complexity index is 398. The molecule has 0 heterocycles. The van der Waals surface area contributed by atoms with Gasteiger partial charge in [-0.25, -0.2) is 0 Å². The summed E-state index contributed by atoms with van der Waals surface area (Å²) in [7, 11) is 0. The number of hydrogen-bond donors (Lipinski definition) is 0. The van der Waals surface area contributed by atoms with Crippen molar-refractivity contribution in [2.45, 2.75) is 25.9 Å². The van der Waals surface area contributed by atoms with E-state index in [1.165, 1.54) is 16.5 Å². The van der Waals surface area contributed by atoms with Crippen LogP contribution < -0.4 is 0 Å². The van der Waals surface area contributed by atoms with Gasteiger partial charge >= 0.3 is 0 Å². The van der Waals surface area contributed by atoms with Gasteiger partial charge in [-0.3, -0.25) is 0 Å². The monoisotopic (exact) mass is 279 g/mol. The average Bonchev–Trinajstić information content (AvgIpc) is 2.72. The number of benzene rings is 1. The van der Waals surface area contributed by atoms with Crippen molar-refractivity contribution in [2.24, 2.45) is 5.16 Å². The molecule has 0 aromatic heterocycles. The van der Waals surface area contributed by atoms with E-state index in [-0.39, 0.29) is 0 Å². The van der Waals surface area contributed by atoms with Crippen molar-refractivity contribution in [3.05, 3.63) is 46.0 Å². The first kappa shape index (κ1) is 11.4. The normalized spacial score (nSPS) is 16.1. The molecule has 0 amide bonds. The number of oxime groups is 1. The third-order valence-corrected chi connectivity index (χ3v) is 3.45. The lowest BCUT2D eigenvalue weighted by atomic mass is 10.2. The molecule has 0 spiro atoms. The fraction of sp³-hybridized carbons (Fsp3) is 0.308. The molecule has 0 N–H and O–H groups in total. The van der Waals surface area contributed by atoms with Gasteiger partial charge in [-0.1, -0.05) is 51.4 Å². The maximum Gasteiger partial charge on any atom is 0.142 e. The van der Waals surface area contributed by atoms with Crippen molar-refractivity contribution in [2.75, 3.05) is 0 Å². The first-order valence-corrected chi connectivity index (χ1v) is 6.22. The van der Waals surface area contributed by atoms with Crippen LogP contribution in [0.4, 0.5) is 0 Å². The number of halogens is 1. The summed E-state index contributed by atoms with van der Waals surface area (Å²) in [5.74, 6) is 0. The molecule has 0 saturated carbocycles. The number of hydrogen-bond acceptors (Lipinski definition) is 2. The van der Waals surface area contributed by atoms with Crippen LogP contribution in [0.25, 0.3) is 0 Å². The van der Waals surface area contributed by atoms with E-state index in [0.717, 1.165) is 18.4 Å². The molecule has 84 valence electrons. The zero-order valence-electron chi connectivity index (χ0n) is 9.03. The molecular weight excluding hydrogens is 266 g/mol. The van der Waals surface area contributed by atoms with Gasteiger partial charge in [0, 0.05) is 0 Å². The minimum absolute atomic E-state index is 0.530. The highest BCUT2D eigenvalue weighted by molar-refractivity contribution is 9.11. The second-order valence-electron chi connectivity index (χ2n) is 3.78. The molecule has 0 bridgehead atoms. The van der Waals surface area contributed by atoms with Gasteiger partial charge in [0.2, 0.25) is 0 Å². The van der Waals surface area contributed by atoms with Crippen LogP contribution in [0.1, 0.15) is 24.8 Å². The van der Waals surface area contributed by atoms with E-state index in [1.807, 2.05) is 36.5 Å². The maximum absolute atomic E-state index is 5.24. The van der Waals surface area contributed by atoms with Crippen LogP contribution in [-0.4, -0.2) is 6.21 Å². The molecular formula is C13H14BrNO. The number of allylic oxidation sites excluding steroid dienone is 2. The molecule has 3 heteroatoms. The summed E-state index contributed by atoms with van der Waals surface area (Å²) in [5.41, 5.74) is 2.40. The Kier molecular flexibility index (Phi) is 4.17. The van der Waals surface area contributed by atoms with Crippen LogP contribution in [0.15, 0.2) is 45.5 Å². The molecule has 1 aliphatic carbocycles. The molecule has 2 rings (SSSR count). The second-order valence-corrected chi connectivity index (χ2v) is 4.73. The lowest BCUT2D eigenvalue weighted by Crippen LogP contribution is -1.88. The Labute approximate surface area is 104 Å². The quantitative estimate of drug-likeness (QED) is 0.603. The summed E-state index contributed by atoms with van der Waals surface area (Å²) in [5, 5.41) is 3.99. The topological polar surface area (TPSA) is 21.6 Å². The molecule has 1 aliphatic rings. The number of rotatable bonds is 4. The molecule has 1 aromatic carbocycles. The van der Waals surface area contributed by atoms with Crippen molar-refractivity contribution < 1.29 is 4.84 Å². The fourth-order valence-electron chi connectivity index (χ4n) is 1.65. The molecule has 1 aromatic rings.